The van der Waals surface area contributed by atoms with Crippen molar-refractivity contribution < 1.29 is 4.43 Å². The molecule has 0 aliphatic heterocycles. The Morgan fingerprint density at radius 3 is 2.05 bits per heavy atom. The molecule has 7 nitrogen and oxygen atoms in total. The summed E-state index contributed by atoms with van der Waals surface area (Å²) in [6.45, 7) is 14.7. The Balaban J connectivity index is 1.34. The molecule has 0 aliphatic carbocycles. The van der Waals surface area contributed by atoms with Crippen LogP contribution < -0.4 is 4.90 Å². The molecule has 4 rings (SSSR count). The van der Waals surface area contributed by atoms with Gasteiger partial charge in [-0.2, -0.15) is 10.2 Å². The molecule has 0 atom stereocenters. The quantitative estimate of drug-likeness (QED) is 0.132. The van der Waals surface area contributed by atoms with E-state index < -0.39 is 8.32 Å². The Hall–Kier alpha value is -3.27. The van der Waals surface area contributed by atoms with E-state index in [1.54, 1.807) is 0 Å². The minimum absolute atomic E-state index is 0.226. The summed E-state index contributed by atoms with van der Waals surface area (Å²) in [7, 11) is 2.22. The van der Waals surface area contributed by atoms with Gasteiger partial charge in [0.2, 0.25) is 5.13 Å². The molecule has 0 bridgehead atoms. The first kappa shape index (κ1) is 29.7. The third kappa shape index (κ3) is 7.27. The van der Waals surface area contributed by atoms with Gasteiger partial charge in [-0.3, -0.25) is 0 Å². The molecule has 0 amide bonds. The van der Waals surface area contributed by atoms with Crippen molar-refractivity contribution in [3.8, 4) is 0 Å². The monoisotopic (exact) mass is 572 g/mol. The number of aromatic nitrogens is 1. The van der Waals surface area contributed by atoms with Gasteiger partial charge in [0, 0.05) is 26.4 Å². The fraction of sp³-hybridized carbons (Fsp3) is 0.387. The minimum Gasteiger partial charge on any atom is -0.416 e. The Bertz CT molecular complexity index is 1470. The molecule has 0 spiro atoms. The summed E-state index contributed by atoms with van der Waals surface area (Å²) >= 11 is 1.48. The van der Waals surface area contributed by atoms with Crippen molar-refractivity contribution in [2.45, 2.75) is 52.2 Å². The van der Waals surface area contributed by atoms with E-state index in [1.807, 2.05) is 73.6 Å². The molecule has 0 saturated heterocycles. The van der Waals surface area contributed by atoms with Crippen molar-refractivity contribution >= 4 is 57.8 Å². The van der Waals surface area contributed by atoms with E-state index in [0.717, 1.165) is 46.0 Å². The molecule has 0 radical (unpaired) electrons. The Kier molecular flexibility index (Phi) is 9.28. The minimum atomic E-state index is -1.80. The van der Waals surface area contributed by atoms with E-state index in [4.69, 9.17) is 4.43 Å². The van der Waals surface area contributed by atoms with Crippen LogP contribution in [0.1, 0.15) is 33.3 Å². The first-order chi connectivity index (χ1) is 18.9. The van der Waals surface area contributed by atoms with Crippen molar-refractivity contribution in [3.05, 3.63) is 72.3 Å². The molecule has 210 valence electrons. The predicted molar refractivity (Wildman–Crippen MR) is 171 cm³/mol. The number of hydrogen-bond donors (Lipinski definition) is 0. The highest BCUT2D eigenvalue weighted by Crippen LogP contribution is 2.44. The standard InChI is InChI=1S/C31H40N6OSSi/c1-22(2)31(3,4)40(7,8)38-20-19-23-9-11-24(12-10-23)33-35-26-15-18-28-29(21-26)39-30(32-28)36-34-25-13-16-27(17-14-25)37(5)6/h9-18,21-22H,19-20H2,1-8H3. The summed E-state index contributed by atoms with van der Waals surface area (Å²) in [5.74, 6) is 0.597. The van der Waals surface area contributed by atoms with Crippen LogP contribution in [0.25, 0.3) is 10.2 Å². The molecule has 0 N–H and O–H groups in total. The second-order valence-electron chi connectivity index (χ2n) is 11.6. The van der Waals surface area contributed by atoms with Crippen LogP contribution >= 0.6 is 11.3 Å². The number of anilines is 1. The van der Waals surface area contributed by atoms with Crippen molar-refractivity contribution in [3.63, 3.8) is 0 Å². The van der Waals surface area contributed by atoms with E-state index in [0.29, 0.717) is 11.0 Å². The number of hydrogen-bond acceptors (Lipinski definition) is 8. The first-order valence-electron chi connectivity index (χ1n) is 13.7. The van der Waals surface area contributed by atoms with Crippen LogP contribution in [0.4, 0.5) is 27.9 Å². The van der Waals surface area contributed by atoms with Crippen molar-refractivity contribution in [2.24, 2.45) is 26.4 Å². The van der Waals surface area contributed by atoms with E-state index in [-0.39, 0.29) is 5.04 Å². The topological polar surface area (TPSA) is 74.8 Å². The average Bonchev–Trinajstić information content (AvgIpc) is 3.33. The van der Waals surface area contributed by atoms with Crippen molar-refractivity contribution in [1.29, 1.82) is 0 Å². The fourth-order valence-electron chi connectivity index (χ4n) is 4.07. The molecular weight excluding hydrogens is 533 g/mol. The highest BCUT2D eigenvalue weighted by atomic mass is 32.1. The summed E-state index contributed by atoms with van der Waals surface area (Å²) in [5, 5.41) is 18.4. The fourth-order valence-corrected chi connectivity index (χ4v) is 7.27. The summed E-state index contributed by atoms with van der Waals surface area (Å²) < 4.78 is 7.46. The number of nitrogens with zero attached hydrogens (tertiary/aromatic N) is 6. The molecule has 0 fully saturated rings. The highest BCUT2D eigenvalue weighted by molar-refractivity contribution is 7.21. The summed E-state index contributed by atoms with van der Waals surface area (Å²) in [6.07, 6.45) is 0.894. The Morgan fingerprint density at radius 2 is 1.43 bits per heavy atom. The van der Waals surface area contributed by atoms with E-state index >= 15 is 0 Å². The predicted octanol–water partition coefficient (Wildman–Crippen LogP) is 10.4. The molecule has 4 aromatic rings. The lowest BCUT2D eigenvalue weighted by molar-refractivity contribution is 0.270. The third-order valence-corrected chi connectivity index (χ3v) is 13.6. The third-order valence-electron chi connectivity index (χ3n) is 8.04. The van der Waals surface area contributed by atoms with Crippen LogP contribution in [-0.2, 0) is 10.8 Å². The maximum Gasteiger partial charge on any atom is 0.231 e. The van der Waals surface area contributed by atoms with Gasteiger partial charge in [-0.25, -0.2) is 4.98 Å². The lowest BCUT2D eigenvalue weighted by atomic mass is 9.99. The highest BCUT2D eigenvalue weighted by Gasteiger charge is 2.43. The van der Waals surface area contributed by atoms with E-state index in [9.17, 15) is 0 Å². The van der Waals surface area contributed by atoms with Gasteiger partial charge < -0.3 is 9.33 Å². The largest absolute Gasteiger partial charge is 0.416 e. The van der Waals surface area contributed by atoms with Crippen LogP contribution in [0.5, 0.6) is 0 Å². The lowest BCUT2D eigenvalue weighted by Gasteiger charge is -2.42. The van der Waals surface area contributed by atoms with Crippen LogP contribution in [0.15, 0.2) is 87.2 Å². The average molecular weight is 573 g/mol. The molecule has 1 heterocycles. The van der Waals surface area contributed by atoms with Crippen LogP contribution in [-0.4, -0.2) is 34.0 Å². The number of benzene rings is 3. The van der Waals surface area contributed by atoms with E-state index in [2.05, 4.69) is 78.4 Å². The summed E-state index contributed by atoms with van der Waals surface area (Å²) in [5.41, 5.74) is 5.62. The smallest absolute Gasteiger partial charge is 0.231 e. The van der Waals surface area contributed by atoms with Gasteiger partial charge in [-0.15, -0.1) is 10.2 Å². The molecule has 40 heavy (non-hydrogen) atoms. The number of azo groups is 2. The molecule has 1 aromatic heterocycles. The van der Waals surface area contributed by atoms with Crippen LogP contribution in [0.3, 0.4) is 0 Å². The zero-order chi connectivity index (χ0) is 28.9. The van der Waals surface area contributed by atoms with Gasteiger partial charge in [0.1, 0.15) is 0 Å². The van der Waals surface area contributed by atoms with Crippen LogP contribution in [0, 0.1) is 5.92 Å². The summed E-state index contributed by atoms with van der Waals surface area (Å²) in [4.78, 5) is 6.62. The maximum atomic E-state index is 6.46. The number of fused-ring (bicyclic) bond motifs is 1. The Morgan fingerprint density at radius 1 is 0.850 bits per heavy atom. The normalized spacial score (nSPS) is 12.8. The van der Waals surface area contributed by atoms with Gasteiger partial charge in [0.25, 0.3) is 0 Å². The summed E-state index contributed by atoms with van der Waals surface area (Å²) in [6, 6.07) is 22.0. The zero-order valence-electron chi connectivity index (χ0n) is 24.8. The first-order valence-corrected chi connectivity index (χ1v) is 17.4. The molecule has 0 unspecified atom stereocenters. The molecule has 0 saturated carbocycles. The molecule has 0 aliphatic rings. The van der Waals surface area contributed by atoms with E-state index in [1.165, 1.54) is 16.9 Å². The van der Waals surface area contributed by atoms with Gasteiger partial charge in [-0.05, 0) is 90.6 Å². The van der Waals surface area contributed by atoms with Crippen molar-refractivity contribution in [2.75, 3.05) is 25.6 Å². The second-order valence-corrected chi connectivity index (χ2v) is 17.2. The van der Waals surface area contributed by atoms with Crippen molar-refractivity contribution in [1.82, 2.24) is 4.98 Å². The SMILES string of the molecule is CC(C)C(C)(C)[Si](C)(C)OCCc1ccc(N=Nc2ccc3nc(N=Nc4ccc(N(C)C)cc4)sc3c2)cc1. The number of thiazole rings is 1. The van der Waals surface area contributed by atoms with Gasteiger partial charge in [0.05, 0.1) is 27.3 Å². The maximum absolute atomic E-state index is 6.46. The molecule has 3 aromatic carbocycles. The molecule has 9 heteroatoms. The zero-order valence-corrected chi connectivity index (χ0v) is 26.7. The van der Waals surface area contributed by atoms with Crippen LogP contribution in [0.2, 0.25) is 18.1 Å². The lowest BCUT2D eigenvalue weighted by Crippen LogP contribution is -2.45. The number of rotatable bonds is 11. The second kappa shape index (κ2) is 12.5. The molecular formula is C31H40N6OSSi. The Labute approximate surface area is 243 Å². The van der Waals surface area contributed by atoms with Gasteiger partial charge in [0.15, 0.2) is 8.32 Å². The van der Waals surface area contributed by atoms with Gasteiger partial charge in [-0.1, -0.05) is 51.2 Å². The van der Waals surface area contributed by atoms with Gasteiger partial charge >= 0.3 is 0 Å².